The van der Waals surface area contributed by atoms with Crippen LogP contribution in [0.15, 0.2) is 85.7 Å². The molecule has 7 heteroatoms. The van der Waals surface area contributed by atoms with E-state index in [9.17, 15) is 14.7 Å². The van der Waals surface area contributed by atoms with E-state index in [0.29, 0.717) is 32.9 Å². The summed E-state index contributed by atoms with van der Waals surface area (Å²) in [5, 5.41) is 9.42. The van der Waals surface area contributed by atoms with Gasteiger partial charge in [-0.25, -0.2) is 4.79 Å². The average Bonchev–Trinajstić information content (AvgIpc) is 2.94. The predicted molar refractivity (Wildman–Crippen MR) is 125 cm³/mol. The Balaban J connectivity index is 1.77. The normalized spacial score (nSPS) is 11.0. The van der Waals surface area contributed by atoms with Gasteiger partial charge in [-0.1, -0.05) is 52.8 Å². The maximum Gasteiger partial charge on any atom is 0.344 e. The molecule has 0 bridgehead atoms. The molecule has 0 saturated heterocycles. The molecule has 1 N–H and O–H groups in total. The van der Waals surface area contributed by atoms with E-state index in [2.05, 4.69) is 11.7 Å². The zero-order valence-corrected chi connectivity index (χ0v) is 18.3. The lowest BCUT2D eigenvalue weighted by molar-refractivity contribution is 0.108. The standard InChI is InChI=1S/C23H16O4S3/c1-13-2-4-15(5-3-13)23(26)29-20-12-18-17(10-11-19(20)30-28)21(22(25)27-18)14-6-8-16(24)9-7-14/h2-12,24,28H,1H3. The summed E-state index contributed by atoms with van der Waals surface area (Å²) in [6.07, 6.45) is 0. The minimum Gasteiger partial charge on any atom is -0.508 e. The summed E-state index contributed by atoms with van der Waals surface area (Å²) in [6, 6.07) is 19.1. The minimum atomic E-state index is -0.470. The minimum absolute atomic E-state index is 0.106. The maximum atomic E-state index is 12.8. The number of benzene rings is 2. The number of phenols is 1. The predicted octanol–water partition coefficient (Wildman–Crippen LogP) is 6.30. The topological polar surface area (TPSA) is 67.5 Å². The first-order valence-electron chi connectivity index (χ1n) is 8.97. The van der Waals surface area contributed by atoms with Crippen molar-refractivity contribution in [3.63, 3.8) is 0 Å². The number of hydrogen-bond donors (Lipinski definition) is 2. The summed E-state index contributed by atoms with van der Waals surface area (Å²) in [5.74, 6) is 0.502. The Morgan fingerprint density at radius 2 is 1.67 bits per heavy atom. The molecule has 4 nitrogen and oxygen atoms in total. The Hall–Kier alpha value is -2.61. The van der Waals surface area contributed by atoms with Gasteiger partial charge in [-0.2, -0.15) is 0 Å². The number of thioether (sulfide) groups is 1. The SMILES string of the molecule is Cc1ccc(C(=O)Sc2cc3oc(=O)c(-c4ccc(O)cc4)c-3ccc2SS)cc1. The van der Waals surface area contributed by atoms with Crippen LogP contribution in [0.1, 0.15) is 15.9 Å². The number of phenolic OH excluding ortho intramolecular Hbond substituents is 1. The number of fused-ring (bicyclic) bond motifs is 1. The van der Waals surface area contributed by atoms with Crippen molar-refractivity contribution >= 4 is 39.3 Å². The molecule has 0 aromatic heterocycles. The fraction of sp³-hybridized carbons (Fsp3) is 0.0435. The molecule has 1 heterocycles. The van der Waals surface area contributed by atoms with Crippen molar-refractivity contribution in [2.24, 2.45) is 0 Å². The summed E-state index contributed by atoms with van der Waals surface area (Å²) in [7, 11) is 1.22. The van der Waals surface area contributed by atoms with Gasteiger partial charge in [0.1, 0.15) is 11.5 Å². The van der Waals surface area contributed by atoms with Gasteiger partial charge in [0.2, 0.25) is 5.12 Å². The summed E-state index contributed by atoms with van der Waals surface area (Å²) >= 11 is 5.39. The molecule has 30 heavy (non-hydrogen) atoms. The summed E-state index contributed by atoms with van der Waals surface area (Å²) in [4.78, 5) is 26.7. The van der Waals surface area contributed by atoms with E-state index in [4.69, 9.17) is 4.42 Å². The van der Waals surface area contributed by atoms with Crippen LogP contribution in [0.2, 0.25) is 0 Å². The molecule has 0 fully saturated rings. The summed E-state index contributed by atoms with van der Waals surface area (Å²) in [5.41, 5.74) is 2.89. The van der Waals surface area contributed by atoms with Crippen LogP contribution >= 0.6 is 34.2 Å². The lowest BCUT2D eigenvalue weighted by Crippen LogP contribution is -1.95. The van der Waals surface area contributed by atoms with Crippen molar-refractivity contribution in [3.8, 4) is 28.2 Å². The van der Waals surface area contributed by atoms with Crippen LogP contribution in [-0.4, -0.2) is 10.2 Å². The number of thiol groups is 1. The van der Waals surface area contributed by atoms with Crippen molar-refractivity contribution in [2.45, 2.75) is 16.7 Å². The fourth-order valence-electron chi connectivity index (χ4n) is 3.05. The van der Waals surface area contributed by atoms with Gasteiger partial charge in [-0.05, 0) is 54.6 Å². The molecule has 150 valence electrons. The van der Waals surface area contributed by atoms with Gasteiger partial charge in [-0.15, -0.1) is 11.7 Å². The third-order valence-corrected chi connectivity index (χ3v) is 6.84. The highest BCUT2D eigenvalue weighted by molar-refractivity contribution is 8.68. The number of aromatic hydroxyl groups is 1. The molecule has 2 aromatic carbocycles. The maximum absolute atomic E-state index is 12.8. The second kappa shape index (κ2) is 8.63. The fourth-order valence-corrected chi connectivity index (χ4v) is 5.03. The molecule has 0 radical (unpaired) electrons. The molecule has 1 aliphatic heterocycles. The summed E-state index contributed by atoms with van der Waals surface area (Å²) < 4.78 is 5.51. The first kappa shape index (κ1) is 20.7. The van der Waals surface area contributed by atoms with Crippen molar-refractivity contribution < 1.29 is 14.3 Å². The smallest absolute Gasteiger partial charge is 0.344 e. The van der Waals surface area contributed by atoms with E-state index in [-0.39, 0.29) is 10.9 Å². The molecule has 0 unspecified atom stereocenters. The highest BCUT2D eigenvalue weighted by atomic mass is 33.1. The molecule has 0 amide bonds. The third-order valence-electron chi connectivity index (χ3n) is 4.59. The van der Waals surface area contributed by atoms with E-state index in [1.54, 1.807) is 36.4 Å². The Morgan fingerprint density at radius 3 is 2.33 bits per heavy atom. The quantitative estimate of drug-likeness (QED) is 0.215. The Bertz CT molecular complexity index is 1250. The lowest BCUT2D eigenvalue weighted by Gasteiger charge is -2.03. The van der Waals surface area contributed by atoms with E-state index in [1.807, 2.05) is 25.1 Å². The molecule has 4 rings (SSSR count). The molecule has 0 atom stereocenters. The Morgan fingerprint density at radius 1 is 0.967 bits per heavy atom. The first-order valence-corrected chi connectivity index (χ1v) is 11.7. The molecular weight excluding hydrogens is 436 g/mol. The number of rotatable bonds is 4. The van der Waals surface area contributed by atoms with Crippen LogP contribution in [0.3, 0.4) is 0 Å². The molecule has 2 aliphatic rings. The van der Waals surface area contributed by atoms with Crippen LogP contribution in [0, 0.1) is 6.92 Å². The van der Waals surface area contributed by atoms with E-state index < -0.39 is 5.63 Å². The molecular formula is C23H16O4S3. The summed E-state index contributed by atoms with van der Waals surface area (Å²) in [6.45, 7) is 1.97. The van der Waals surface area contributed by atoms with Gasteiger partial charge in [0, 0.05) is 20.9 Å². The number of aryl methyl sites for hydroxylation is 1. The lowest BCUT2D eigenvalue weighted by atomic mass is 10.0. The highest BCUT2D eigenvalue weighted by Gasteiger charge is 2.21. The van der Waals surface area contributed by atoms with Gasteiger partial charge >= 0.3 is 5.63 Å². The number of hydrogen-bond acceptors (Lipinski definition) is 7. The van der Waals surface area contributed by atoms with Crippen molar-refractivity contribution in [1.29, 1.82) is 0 Å². The van der Waals surface area contributed by atoms with Crippen LogP contribution in [-0.2, 0) is 0 Å². The van der Waals surface area contributed by atoms with Crippen molar-refractivity contribution in [1.82, 2.24) is 0 Å². The Labute approximate surface area is 186 Å². The number of carbonyl (C=O) groups excluding carboxylic acids is 1. The van der Waals surface area contributed by atoms with Gasteiger partial charge < -0.3 is 9.52 Å². The average molecular weight is 453 g/mol. The third kappa shape index (κ3) is 4.14. The molecule has 0 saturated carbocycles. The van der Waals surface area contributed by atoms with Gasteiger partial charge in [0.05, 0.1) is 5.56 Å². The van der Waals surface area contributed by atoms with E-state index in [0.717, 1.165) is 22.2 Å². The molecule has 2 aromatic rings. The second-order valence-corrected chi connectivity index (χ2v) is 8.83. The van der Waals surface area contributed by atoms with Crippen molar-refractivity contribution in [2.75, 3.05) is 0 Å². The monoisotopic (exact) mass is 452 g/mol. The van der Waals surface area contributed by atoms with Crippen LogP contribution in [0.5, 0.6) is 5.75 Å². The van der Waals surface area contributed by atoms with Crippen molar-refractivity contribution in [3.05, 3.63) is 88.3 Å². The zero-order valence-electron chi connectivity index (χ0n) is 15.8. The van der Waals surface area contributed by atoms with Crippen LogP contribution in [0.25, 0.3) is 22.5 Å². The van der Waals surface area contributed by atoms with Gasteiger partial charge in [0.15, 0.2) is 0 Å². The van der Waals surface area contributed by atoms with E-state index in [1.165, 1.54) is 22.9 Å². The largest absolute Gasteiger partial charge is 0.508 e. The molecule has 1 aliphatic carbocycles. The van der Waals surface area contributed by atoms with Gasteiger partial charge in [0.25, 0.3) is 0 Å². The highest BCUT2D eigenvalue weighted by Crippen LogP contribution is 2.40. The van der Waals surface area contributed by atoms with Crippen LogP contribution in [0.4, 0.5) is 0 Å². The zero-order chi connectivity index (χ0) is 21.3. The van der Waals surface area contributed by atoms with Crippen LogP contribution < -0.4 is 5.63 Å². The number of carbonyl (C=O) groups is 1. The first-order chi connectivity index (χ1) is 14.5. The number of furan rings is 1. The second-order valence-electron chi connectivity index (χ2n) is 6.64. The Kier molecular flexibility index (Phi) is 5.94. The molecule has 0 spiro atoms. The van der Waals surface area contributed by atoms with Gasteiger partial charge in [-0.3, -0.25) is 4.79 Å². The van der Waals surface area contributed by atoms with E-state index >= 15 is 0 Å².